The Balaban J connectivity index is 2.11. The molecule has 2 aromatic rings. The number of halogens is 1. The van der Waals surface area contributed by atoms with Crippen molar-refractivity contribution in [2.24, 2.45) is 0 Å². The summed E-state index contributed by atoms with van der Waals surface area (Å²) >= 11 is 5.80. The van der Waals surface area contributed by atoms with Gasteiger partial charge in [0.05, 0.1) is 5.56 Å². The fourth-order valence-corrected chi connectivity index (χ4v) is 1.80. The molecule has 0 unspecified atom stereocenters. The Bertz CT molecular complexity index is 593. The van der Waals surface area contributed by atoms with Gasteiger partial charge in [0.2, 0.25) is 0 Å². The average molecular weight is 295 g/mol. The van der Waals surface area contributed by atoms with Gasteiger partial charge in [0.1, 0.15) is 18.1 Å². The average Bonchev–Trinajstić information content (AvgIpc) is 2.80. The van der Waals surface area contributed by atoms with Crippen molar-refractivity contribution >= 4 is 17.5 Å². The lowest BCUT2D eigenvalue weighted by molar-refractivity contribution is 0.0944. The number of hydrogen-bond acceptors (Lipinski definition) is 4. The van der Waals surface area contributed by atoms with E-state index in [1.807, 2.05) is 6.92 Å². The van der Waals surface area contributed by atoms with Gasteiger partial charge >= 0.3 is 0 Å². The van der Waals surface area contributed by atoms with Crippen molar-refractivity contribution in [3.63, 3.8) is 0 Å². The Morgan fingerprint density at radius 3 is 2.75 bits per heavy atom. The Morgan fingerprint density at radius 2 is 2.10 bits per heavy atom. The minimum absolute atomic E-state index is 0.212. The standard InChI is InChI=1S/C14H15ClN2O3/c1-3-16-14(18)13-12(9(2)20-17-13)8-19-11-6-4-10(15)5-7-11/h4-7H,3,8H2,1-2H3,(H,16,18). The first kappa shape index (κ1) is 14.4. The zero-order valence-electron chi connectivity index (χ0n) is 11.3. The van der Waals surface area contributed by atoms with Crippen LogP contribution in [0.5, 0.6) is 5.75 Å². The van der Waals surface area contributed by atoms with E-state index in [0.29, 0.717) is 28.6 Å². The highest BCUT2D eigenvalue weighted by atomic mass is 35.5. The SMILES string of the molecule is CCNC(=O)c1noc(C)c1COc1ccc(Cl)cc1. The summed E-state index contributed by atoms with van der Waals surface area (Å²) in [5.41, 5.74) is 0.907. The second-order valence-corrected chi connectivity index (χ2v) is 4.60. The van der Waals surface area contributed by atoms with E-state index in [0.717, 1.165) is 0 Å². The molecule has 0 saturated carbocycles. The molecule has 0 aliphatic heterocycles. The van der Waals surface area contributed by atoms with Crippen LogP contribution in [0.3, 0.4) is 0 Å². The Hall–Kier alpha value is -2.01. The molecule has 1 N–H and O–H groups in total. The van der Waals surface area contributed by atoms with Crippen LogP contribution in [0.4, 0.5) is 0 Å². The van der Waals surface area contributed by atoms with Crippen LogP contribution in [-0.2, 0) is 6.61 Å². The van der Waals surface area contributed by atoms with E-state index in [1.54, 1.807) is 31.2 Å². The van der Waals surface area contributed by atoms with Gasteiger partial charge in [0.25, 0.3) is 5.91 Å². The number of hydrogen-bond donors (Lipinski definition) is 1. The number of aryl methyl sites for hydroxylation is 1. The third kappa shape index (κ3) is 3.30. The molecule has 0 bridgehead atoms. The van der Waals surface area contributed by atoms with E-state index in [4.69, 9.17) is 20.9 Å². The number of rotatable bonds is 5. The van der Waals surface area contributed by atoms with Gasteiger partial charge in [-0.2, -0.15) is 0 Å². The lowest BCUT2D eigenvalue weighted by Gasteiger charge is -2.06. The monoisotopic (exact) mass is 294 g/mol. The van der Waals surface area contributed by atoms with Gasteiger partial charge in [-0.05, 0) is 38.1 Å². The molecule has 5 nitrogen and oxygen atoms in total. The molecule has 0 atom stereocenters. The number of carbonyl (C=O) groups is 1. The molecule has 20 heavy (non-hydrogen) atoms. The van der Waals surface area contributed by atoms with E-state index in [2.05, 4.69) is 10.5 Å². The van der Waals surface area contributed by atoms with Crippen LogP contribution in [0, 0.1) is 6.92 Å². The first-order valence-corrected chi connectivity index (χ1v) is 6.61. The molecule has 0 saturated heterocycles. The molecular weight excluding hydrogens is 280 g/mol. The summed E-state index contributed by atoms with van der Waals surface area (Å²) in [6.45, 7) is 4.33. The summed E-state index contributed by atoms with van der Waals surface area (Å²) < 4.78 is 10.7. The number of nitrogens with one attached hydrogen (secondary N) is 1. The van der Waals surface area contributed by atoms with Gasteiger partial charge in [-0.15, -0.1) is 0 Å². The van der Waals surface area contributed by atoms with Crippen LogP contribution in [-0.4, -0.2) is 17.6 Å². The third-order valence-corrected chi connectivity index (χ3v) is 2.99. The summed E-state index contributed by atoms with van der Waals surface area (Å²) in [7, 11) is 0. The van der Waals surface area contributed by atoms with E-state index < -0.39 is 0 Å². The van der Waals surface area contributed by atoms with E-state index >= 15 is 0 Å². The van der Waals surface area contributed by atoms with Crippen LogP contribution >= 0.6 is 11.6 Å². The van der Waals surface area contributed by atoms with Crippen LogP contribution < -0.4 is 10.1 Å². The summed E-state index contributed by atoms with van der Waals surface area (Å²) in [4.78, 5) is 11.8. The van der Waals surface area contributed by atoms with Gasteiger partial charge < -0.3 is 14.6 Å². The molecule has 1 heterocycles. The van der Waals surface area contributed by atoms with Crippen LogP contribution in [0.25, 0.3) is 0 Å². The normalized spacial score (nSPS) is 10.3. The van der Waals surface area contributed by atoms with E-state index in [-0.39, 0.29) is 18.2 Å². The molecule has 1 aromatic heterocycles. The Labute approximate surface area is 121 Å². The molecule has 0 fully saturated rings. The number of ether oxygens (including phenoxy) is 1. The van der Waals surface area contributed by atoms with Gasteiger partial charge in [-0.25, -0.2) is 0 Å². The number of benzene rings is 1. The van der Waals surface area contributed by atoms with Crippen molar-refractivity contribution in [3.8, 4) is 5.75 Å². The third-order valence-electron chi connectivity index (χ3n) is 2.73. The van der Waals surface area contributed by atoms with E-state index in [1.165, 1.54) is 0 Å². The molecule has 0 aliphatic carbocycles. The van der Waals surface area contributed by atoms with Crippen molar-refractivity contribution in [2.75, 3.05) is 6.54 Å². The molecule has 0 aliphatic rings. The minimum Gasteiger partial charge on any atom is -0.489 e. The van der Waals surface area contributed by atoms with Crippen molar-refractivity contribution in [1.29, 1.82) is 0 Å². The fraction of sp³-hybridized carbons (Fsp3) is 0.286. The maximum atomic E-state index is 11.8. The maximum Gasteiger partial charge on any atom is 0.273 e. The van der Waals surface area contributed by atoms with Crippen molar-refractivity contribution in [2.45, 2.75) is 20.5 Å². The first-order chi connectivity index (χ1) is 9.61. The zero-order valence-corrected chi connectivity index (χ0v) is 12.0. The molecule has 2 rings (SSSR count). The zero-order chi connectivity index (χ0) is 14.5. The molecule has 1 amide bonds. The highest BCUT2D eigenvalue weighted by Crippen LogP contribution is 2.19. The molecule has 0 spiro atoms. The maximum absolute atomic E-state index is 11.8. The lowest BCUT2D eigenvalue weighted by atomic mass is 10.2. The molecular formula is C14H15ClN2O3. The quantitative estimate of drug-likeness (QED) is 0.921. The molecule has 0 radical (unpaired) electrons. The number of nitrogens with zero attached hydrogens (tertiary/aromatic N) is 1. The first-order valence-electron chi connectivity index (χ1n) is 6.23. The predicted molar refractivity (Wildman–Crippen MR) is 75.0 cm³/mol. The fourth-order valence-electron chi connectivity index (χ4n) is 1.67. The summed E-state index contributed by atoms with van der Waals surface area (Å²) in [5.74, 6) is 0.969. The number of amides is 1. The van der Waals surface area contributed by atoms with Gasteiger partial charge in [0, 0.05) is 11.6 Å². The molecule has 1 aromatic carbocycles. The van der Waals surface area contributed by atoms with Crippen molar-refractivity contribution in [3.05, 3.63) is 46.3 Å². The number of carbonyl (C=O) groups excluding carboxylic acids is 1. The number of aromatic nitrogens is 1. The molecule has 6 heteroatoms. The minimum atomic E-state index is -0.265. The summed E-state index contributed by atoms with van der Waals surface area (Å²) in [5, 5.41) is 7.10. The second-order valence-electron chi connectivity index (χ2n) is 4.17. The summed E-state index contributed by atoms with van der Waals surface area (Å²) in [6.07, 6.45) is 0. The highest BCUT2D eigenvalue weighted by molar-refractivity contribution is 6.30. The topological polar surface area (TPSA) is 64.4 Å². The van der Waals surface area contributed by atoms with Crippen LogP contribution in [0.2, 0.25) is 5.02 Å². The van der Waals surface area contributed by atoms with Crippen molar-refractivity contribution < 1.29 is 14.1 Å². The van der Waals surface area contributed by atoms with Gasteiger partial charge in [-0.3, -0.25) is 4.79 Å². The van der Waals surface area contributed by atoms with Crippen LogP contribution in [0.15, 0.2) is 28.8 Å². The van der Waals surface area contributed by atoms with Gasteiger partial charge in [-0.1, -0.05) is 16.8 Å². The largest absolute Gasteiger partial charge is 0.489 e. The Morgan fingerprint density at radius 1 is 1.40 bits per heavy atom. The summed E-state index contributed by atoms with van der Waals surface area (Å²) in [6, 6.07) is 7.00. The Kier molecular flexibility index (Phi) is 4.63. The predicted octanol–water partition coefficient (Wildman–Crippen LogP) is 2.97. The highest BCUT2D eigenvalue weighted by Gasteiger charge is 2.19. The van der Waals surface area contributed by atoms with Crippen molar-refractivity contribution in [1.82, 2.24) is 10.5 Å². The second kappa shape index (κ2) is 6.43. The van der Waals surface area contributed by atoms with Crippen LogP contribution in [0.1, 0.15) is 28.7 Å². The van der Waals surface area contributed by atoms with Gasteiger partial charge in [0.15, 0.2) is 5.69 Å². The smallest absolute Gasteiger partial charge is 0.273 e. The van der Waals surface area contributed by atoms with E-state index in [9.17, 15) is 4.79 Å². The molecule has 106 valence electrons. The lowest BCUT2D eigenvalue weighted by Crippen LogP contribution is -2.24.